The molecule has 0 heterocycles. The number of nitrogens with one attached hydrogen (secondary N) is 2. The Morgan fingerprint density at radius 2 is 1.94 bits per heavy atom. The Bertz CT molecular complexity index is 327. The molecule has 2 atom stereocenters. The molecule has 3 N–H and O–H groups in total. The molecule has 0 bridgehead atoms. The van der Waals surface area contributed by atoms with Crippen LogP contribution in [0.3, 0.4) is 0 Å². The predicted molar refractivity (Wildman–Crippen MR) is 66.0 cm³/mol. The topological polar surface area (TPSA) is 95.5 Å². The van der Waals surface area contributed by atoms with E-state index in [9.17, 15) is 13.2 Å². The summed E-state index contributed by atoms with van der Waals surface area (Å²) in [5, 5.41) is 11.6. The Kier molecular flexibility index (Phi) is 7.33. The standard InChI is InChI=1S/C10H22N2O4S/c1-4-7-17(15,16)12-9(3)10(14)11-6-5-8(2)13/h8-9,12-13H,4-7H2,1-3H3,(H,11,14). The van der Waals surface area contributed by atoms with E-state index in [4.69, 9.17) is 5.11 Å². The number of aliphatic hydroxyl groups is 1. The average Bonchev–Trinajstić information content (AvgIpc) is 2.15. The molecular weight excluding hydrogens is 244 g/mol. The highest BCUT2D eigenvalue weighted by Gasteiger charge is 2.18. The maximum Gasteiger partial charge on any atom is 0.237 e. The van der Waals surface area contributed by atoms with Crippen molar-refractivity contribution in [3.05, 3.63) is 0 Å². The second-order valence-electron chi connectivity index (χ2n) is 4.09. The van der Waals surface area contributed by atoms with Crippen LogP contribution >= 0.6 is 0 Å². The highest BCUT2D eigenvalue weighted by atomic mass is 32.2. The fourth-order valence-electron chi connectivity index (χ4n) is 1.21. The number of aliphatic hydroxyl groups excluding tert-OH is 1. The zero-order valence-corrected chi connectivity index (χ0v) is 11.4. The van der Waals surface area contributed by atoms with E-state index in [-0.39, 0.29) is 11.7 Å². The first kappa shape index (κ1) is 16.3. The molecule has 6 nitrogen and oxygen atoms in total. The number of rotatable bonds is 8. The molecule has 0 spiro atoms. The molecule has 1 amide bonds. The lowest BCUT2D eigenvalue weighted by Gasteiger charge is -2.14. The molecular formula is C10H22N2O4S. The maximum atomic E-state index is 11.5. The van der Waals surface area contributed by atoms with E-state index in [0.717, 1.165) is 0 Å². The predicted octanol–water partition coefficient (Wildman–Crippen LogP) is -0.409. The molecule has 0 aliphatic heterocycles. The lowest BCUT2D eigenvalue weighted by atomic mass is 10.3. The smallest absolute Gasteiger partial charge is 0.237 e. The third-order valence-electron chi connectivity index (χ3n) is 2.08. The number of carbonyl (C=O) groups is 1. The molecule has 0 aliphatic rings. The van der Waals surface area contributed by atoms with Gasteiger partial charge in [-0.15, -0.1) is 0 Å². The van der Waals surface area contributed by atoms with Gasteiger partial charge in [-0.2, -0.15) is 0 Å². The van der Waals surface area contributed by atoms with E-state index in [0.29, 0.717) is 19.4 Å². The van der Waals surface area contributed by atoms with Gasteiger partial charge in [0.25, 0.3) is 0 Å². The van der Waals surface area contributed by atoms with Crippen LogP contribution in [0.2, 0.25) is 0 Å². The Balaban J connectivity index is 4.06. The fourth-order valence-corrected chi connectivity index (χ4v) is 2.51. The maximum absolute atomic E-state index is 11.5. The van der Waals surface area contributed by atoms with Crippen LogP contribution in [0.4, 0.5) is 0 Å². The zero-order valence-electron chi connectivity index (χ0n) is 10.6. The van der Waals surface area contributed by atoms with Gasteiger partial charge in [0.1, 0.15) is 0 Å². The monoisotopic (exact) mass is 266 g/mol. The summed E-state index contributed by atoms with van der Waals surface area (Å²) in [6.07, 6.45) is 0.466. The van der Waals surface area contributed by atoms with Crippen LogP contribution < -0.4 is 10.0 Å². The van der Waals surface area contributed by atoms with Crippen molar-refractivity contribution in [2.75, 3.05) is 12.3 Å². The summed E-state index contributed by atoms with van der Waals surface area (Å²) >= 11 is 0. The van der Waals surface area contributed by atoms with Crippen molar-refractivity contribution >= 4 is 15.9 Å². The average molecular weight is 266 g/mol. The summed E-state index contributed by atoms with van der Waals surface area (Å²) in [5.74, 6) is -0.372. The lowest BCUT2D eigenvalue weighted by molar-refractivity contribution is -0.122. The summed E-state index contributed by atoms with van der Waals surface area (Å²) in [7, 11) is -3.38. The molecule has 0 saturated carbocycles. The van der Waals surface area contributed by atoms with Gasteiger partial charge >= 0.3 is 0 Å². The number of amides is 1. The van der Waals surface area contributed by atoms with Crippen LogP contribution in [0.5, 0.6) is 0 Å². The van der Waals surface area contributed by atoms with E-state index in [1.54, 1.807) is 13.8 Å². The van der Waals surface area contributed by atoms with Gasteiger partial charge in [0, 0.05) is 6.54 Å². The second kappa shape index (κ2) is 7.62. The number of carbonyl (C=O) groups excluding carboxylic acids is 1. The Morgan fingerprint density at radius 3 is 2.41 bits per heavy atom. The molecule has 0 rings (SSSR count). The van der Waals surface area contributed by atoms with E-state index < -0.39 is 22.2 Å². The normalized spacial score (nSPS) is 15.3. The molecule has 0 saturated heterocycles. The summed E-state index contributed by atoms with van der Waals surface area (Å²) in [4.78, 5) is 11.5. The van der Waals surface area contributed by atoms with Crippen molar-refractivity contribution in [1.82, 2.24) is 10.0 Å². The number of hydrogen-bond acceptors (Lipinski definition) is 4. The molecule has 0 radical (unpaired) electrons. The Morgan fingerprint density at radius 1 is 1.35 bits per heavy atom. The molecule has 0 aromatic carbocycles. The lowest BCUT2D eigenvalue weighted by Crippen LogP contribution is -2.45. The summed E-state index contributed by atoms with van der Waals surface area (Å²) < 4.78 is 25.1. The quantitative estimate of drug-likeness (QED) is 0.556. The van der Waals surface area contributed by atoms with Crippen LogP contribution in [-0.2, 0) is 14.8 Å². The van der Waals surface area contributed by atoms with Crippen molar-refractivity contribution in [1.29, 1.82) is 0 Å². The summed E-state index contributed by atoms with van der Waals surface area (Å²) in [5.41, 5.74) is 0. The highest BCUT2D eigenvalue weighted by molar-refractivity contribution is 7.89. The van der Waals surface area contributed by atoms with Crippen molar-refractivity contribution in [3.8, 4) is 0 Å². The van der Waals surface area contributed by atoms with Crippen LogP contribution in [-0.4, -0.2) is 43.9 Å². The third-order valence-corrected chi connectivity index (χ3v) is 3.74. The van der Waals surface area contributed by atoms with E-state index in [1.165, 1.54) is 6.92 Å². The van der Waals surface area contributed by atoms with Gasteiger partial charge in [-0.25, -0.2) is 13.1 Å². The first-order valence-corrected chi connectivity index (χ1v) is 7.39. The minimum Gasteiger partial charge on any atom is -0.393 e. The Labute approximate surface area is 103 Å². The fraction of sp³-hybridized carbons (Fsp3) is 0.900. The van der Waals surface area contributed by atoms with Crippen molar-refractivity contribution in [2.45, 2.75) is 45.8 Å². The molecule has 0 aliphatic carbocycles. The van der Waals surface area contributed by atoms with Gasteiger partial charge in [-0.05, 0) is 26.7 Å². The SMILES string of the molecule is CCCS(=O)(=O)NC(C)C(=O)NCCC(C)O. The van der Waals surface area contributed by atoms with E-state index in [2.05, 4.69) is 10.0 Å². The third kappa shape index (κ3) is 8.12. The minimum atomic E-state index is -3.38. The Hall–Kier alpha value is -0.660. The van der Waals surface area contributed by atoms with Crippen molar-refractivity contribution in [2.24, 2.45) is 0 Å². The van der Waals surface area contributed by atoms with Gasteiger partial charge in [-0.1, -0.05) is 6.92 Å². The summed E-state index contributed by atoms with van der Waals surface area (Å²) in [6.45, 7) is 5.20. The molecule has 7 heteroatoms. The molecule has 17 heavy (non-hydrogen) atoms. The molecule has 2 unspecified atom stereocenters. The van der Waals surface area contributed by atoms with Crippen molar-refractivity contribution in [3.63, 3.8) is 0 Å². The van der Waals surface area contributed by atoms with Crippen LogP contribution in [0.1, 0.15) is 33.6 Å². The molecule has 0 aromatic rings. The van der Waals surface area contributed by atoms with Crippen LogP contribution in [0.25, 0.3) is 0 Å². The van der Waals surface area contributed by atoms with Crippen LogP contribution in [0.15, 0.2) is 0 Å². The van der Waals surface area contributed by atoms with Gasteiger partial charge in [0.05, 0.1) is 17.9 Å². The molecule has 0 fully saturated rings. The van der Waals surface area contributed by atoms with E-state index >= 15 is 0 Å². The number of sulfonamides is 1. The first-order valence-electron chi connectivity index (χ1n) is 5.74. The van der Waals surface area contributed by atoms with Crippen molar-refractivity contribution < 1.29 is 18.3 Å². The second-order valence-corrected chi connectivity index (χ2v) is 5.96. The largest absolute Gasteiger partial charge is 0.393 e. The van der Waals surface area contributed by atoms with Gasteiger partial charge in [0.15, 0.2) is 0 Å². The van der Waals surface area contributed by atoms with Gasteiger partial charge in [-0.3, -0.25) is 4.79 Å². The first-order chi connectivity index (χ1) is 7.78. The highest BCUT2D eigenvalue weighted by Crippen LogP contribution is 1.93. The minimum absolute atomic E-state index is 0.0122. The molecule has 0 aromatic heterocycles. The zero-order chi connectivity index (χ0) is 13.5. The van der Waals surface area contributed by atoms with Crippen LogP contribution in [0, 0.1) is 0 Å². The van der Waals surface area contributed by atoms with Gasteiger partial charge < -0.3 is 10.4 Å². The number of hydrogen-bond donors (Lipinski definition) is 3. The summed E-state index contributed by atoms with van der Waals surface area (Å²) in [6, 6.07) is -0.791. The molecule has 102 valence electrons. The van der Waals surface area contributed by atoms with E-state index in [1.807, 2.05) is 0 Å². The van der Waals surface area contributed by atoms with Gasteiger partial charge in [0.2, 0.25) is 15.9 Å².